The second-order valence-electron chi connectivity index (χ2n) is 3.47. The zero-order valence-corrected chi connectivity index (χ0v) is 8.75. The van der Waals surface area contributed by atoms with Gasteiger partial charge in [0.2, 0.25) is 0 Å². The van der Waals surface area contributed by atoms with E-state index in [2.05, 4.69) is 0 Å². The maximum absolute atomic E-state index is 9.72. The Morgan fingerprint density at radius 1 is 1.27 bits per heavy atom. The summed E-state index contributed by atoms with van der Waals surface area (Å²) in [7, 11) is 3.68. The van der Waals surface area contributed by atoms with Gasteiger partial charge in [-0.15, -0.1) is 0 Å². The van der Waals surface area contributed by atoms with Crippen LogP contribution < -0.4 is 4.90 Å². The maximum atomic E-state index is 9.72. The second-order valence-corrected chi connectivity index (χ2v) is 3.47. The number of benzene rings is 1. The third kappa shape index (κ3) is 2.46. The van der Waals surface area contributed by atoms with Gasteiger partial charge in [-0.25, -0.2) is 0 Å². The molecular formula is C11H14N2O2. The van der Waals surface area contributed by atoms with Crippen LogP contribution in [0.2, 0.25) is 0 Å². The van der Waals surface area contributed by atoms with Crippen molar-refractivity contribution in [3.8, 4) is 6.07 Å². The van der Waals surface area contributed by atoms with Crippen molar-refractivity contribution < 1.29 is 10.2 Å². The Balaban J connectivity index is 3.09. The van der Waals surface area contributed by atoms with E-state index in [9.17, 15) is 10.2 Å². The third-order valence-corrected chi connectivity index (χ3v) is 2.17. The van der Waals surface area contributed by atoms with E-state index < -0.39 is 12.2 Å². The van der Waals surface area contributed by atoms with Crippen molar-refractivity contribution in [1.29, 1.82) is 5.26 Å². The average Bonchev–Trinajstić information content (AvgIpc) is 2.27. The monoisotopic (exact) mass is 206 g/mol. The second kappa shape index (κ2) is 4.78. The van der Waals surface area contributed by atoms with E-state index in [0.29, 0.717) is 5.56 Å². The van der Waals surface area contributed by atoms with Crippen molar-refractivity contribution in [3.05, 3.63) is 29.8 Å². The van der Waals surface area contributed by atoms with E-state index >= 15 is 0 Å². The Kier molecular flexibility index (Phi) is 3.67. The van der Waals surface area contributed by atoms with E-state index in [-0.39, 0.29) is 0 Å². The molecule has 1 rings (SSSR count). The molecule has 0 radical (unpaired) electrons. The highest BCUT2D eigenvalue weighted by atomic mass is 16.3. The first-order valence-electron chi connectivity index (χ1n) is 4.60. The van der Waals surface area contributed by atoms with Crippen molar-refractivity contribution in [1.82, 2.24) is 0 Å². The lowest BCUT2D eigenvalue weighted by atomic mass is 10.0. The van der Waals surface area contributed by atoms with Crippen molar-refractivity contribution >= 4 is 5.69 Å². The molecule has 2 atom stereocenters. The first-order valence-corrected chi connectivity index (χ1v) is 4.60. The van der Waals surface area contributed by atoms with E-state index in [4.69, 9.17) is 5.26 Å². The molecule has 4 heteroatoms. The Morgan fingerprint density at radius 3 is 2.40 bits per heavy atom. The maximum Gasteiger partial charge on any atom is 0.170 e. The molecule has 4 nitrogen and oxygen atoms in total. The first-order chi connectivity index (χ1) is 7.07. The molecule has 2 unspecified atom stereocenters. The molecule has 0 bridgehead atoms. The number of hydrogen-bond donors (Lipinski definition) is 2. The van der Waals surface area contributed by atoms with E-state index in [0.717, 1.165) is 5.69 Å². The average molecular weight is 206 g/mol. The number of aliphatic hydroxyl groups excluding tert-OH is 2. The topological polar surface area (TPSA) is 67.5 Å². The van der Waals surface area contributed by atoms with Crippen LogP contribution in [0.1, 0.15) is 11.7 Å². The van der Waals surface area contributed by atoms with E-state index in [1.54, 1.807) is 18.2 Å². The Morgan fingerprint density at radius 2 is 1.87 bits per heavy atom. The quantitative estimate of drug-likeness (QED) is 0.713. The summed E-state index contributed by atoms with van der Waals surface area (Å²) in [5, 5.41) is 27.5. The smallest absolute Gasteiger partial charge is 0.170 e. The predicted octanol–water partition coefficient (Wildman–Crippen LogP) is 0.670. The molecule has 80 valence electrons. The zero-order valence-electron chi connectivity index (χ0n) is 8.75. The number of para-hydroxylation sites is 1. The standard InChI is InChI=1S/C11H14N2O2/c1-13(2)9-6-4-3-5-8(9)11(15)10(14)7-12/h3-6,10-11,14-15H,1-2H3. The van der Waals surface area contributed by atoms with E-state index in [1.807, 2.05) is 31.1 Å². The molecule has 0 fully saturated rings. The molecule has 0 saturated carbocycles. The van der Waals surface area contributed by atoms with Crippen LogP contribution in [0.3, 0.4) is 0 Å². The van der Waals surface area contributed by atoms with Gasteiger partial charge < -0.3 is 15.1 Å². The summed E-state index contributed by atoms with van der Waals surface area (Å²) in [6.07, 6.45) is -2.57. The van der Waals surface area contributed by atoms with Crippen LogP contribution in [0.4, 0.5) is 5.69 Å². The number of hydrogen-bond acceptors (Lipinski definition) is 4. The largest absolute Gasteiger partial charge is 0.384 e. The third-order valence-electron chi connectivity index (χ3n) is 2.17. The van der Waals surface area contributed by atoms with Crippen LogP contribution in [-0.2, 0) is 0 Å². The minimum atomic E-state index is -1.40. The van der Waals surface area contributed by atoms with Gasteiger partial charge in [0.1, 0.15) is 6.10 Å². The summed E-state index contributed by atoms with van der Waals surface area (Å²) < 4.78 is 0. The first kappa shape index (κ1) is 11.5. The lowest BCUT2D eigenvalue weighted by Crippen LogP contribution is -2.20. The fourth-order valence-corrected chi connectivity index (χ4v) is 1.39. The fraction of sp³-hybridized carbons (Fsp3) is 0.364. The van der Waals surface area contributed by atoms with Crippen LogP contribution in [0, 0.1) is 11.3 Å². The van der Waals surface area contributed by atoms with Crippen molar-refractivity contribution in [2.75, 3.05) is 19.0 Å². The number of anilines is 1. The molecule has 1 aromatic rings. The molecule has 0 aliphatic carbocycles. The molecule has 0 aliphatic rings. The van der Waals surface area contributed by atoms with Gasteiger partial charge in [0.25, 0.3) is 0 Å². The minimum Gasteiger partial charge on any atom is -0.384 e. The normalized spacial score (nSPS) is 14.1. The van der Waals surface area contributed by atoms with Gasteiger partial charge in [0.05, 0.1) is 6.07 Å². The fourth-order valence-electron chi connectivity index (χ4n) is 1.39. The van der Waals surface area contributed by atoms with Crippen LogP contribution in [0.25, 0.3) is 0 Å². The van der Waals surface area contributed by atoms with Gasteiger partial charge in [-0.2, -0.15) is 5.26 Å². The van der Waals surface area contributed by atoms with Gasteiger partial charge in [-0.05, 0) is 6.07 Å². The van der Waals surface area contributed by atoms with Crippen molar-refractivity contribution in [3.63, 3.8) is 0 Å². The summed E-state index contributed by atoms with van der Waals surface area (Å²) in [4.78, 5) is 1.82. The van der Waals surface area contributed by atoms with Gasteiger partial charge in [0.15, 0.2) is 6.10 Å². The van der Waals surface area contributed by atoms with Gasteiger partial charge in [-0.1, -0.05) is 18.2 Å². The highest BCUT2D eigenvalue weighted by Gasteiger charge is 2.20. The molecule has 0 amide bonds. The summed E-state index contributed by atoms with van der Waals surface area (Å²) >= 11 is 0. The number of aliphatic hydroxyl groups is 2. The molecule has 1 aromatic carbocycles. The Labute approximate surface area is 89.0 Å². The Hall–Kier alpha value is -1.57. The lowest BCUT2D eigenvalue weighted by molar-refractivity contribution is 0.0531. The van der Waals surface area contributed by atoms with Crippen LogP contribution in [-0.4, -0.2) is 30.4 Å². The Bertz CT molecular complexity index is 371. The molecule has 2 N–H and O–H groups in total. The van der Waals surface area contributed by atoms with Crippen molar-refractivity contribution in [2.24, 2.45) is 0 Å². The summed E-state index contributed by atoms with van der Waals surface area (Å²) in [5.74, 6) is 0. The number of nitrogens with zero attached hydrogens (tertiary/aromatic N) is 2. The molecule has 0 saturated heterocycles. The SMILES string of the molecule is CN(C)c1ccccc1C(O)C(O)C#N. The highest BCUT2D eigenvalue weighted by molar-refractivity contribution is 5.53. The molecule has 0 aromatic heterocycles. The molecular weight excluding hydrogens is 192 g/mol. The summed E-state index contributed by atoms with van der Waals surface area (Å²) in [6, 6.07) is 8.73. The van der Waals surface area contributed by atoms with Crippen LogP contribution in [0.15, 0.2) is 24.3 Å². The number of nitriles is 1. The zero-order chi connectivity index (χ0) is 11.4. The molecule has 0 spiro atoms. The lowest BCUT2D eigenvalue weighted by Gasteiger charge is -2.21. The molecule has 0 aliphatic heterocycles. The highest BCUT2D eigenvalue weighted by Crippen LogP contribution is 2.26. The molecule has 15 heavy (non-hydrogen) atoms. The van der Waals surface area contributed by atoms with Gasteiger partial charge in [0, 0.05) is 25.3 Å². The minimum absolute atomic E-state index is 0.552. The predicted molar refractivity (Wildman–Crippen MR) is 57.3 cm³/mol. The molecule has 0 heterocycles. The van der Waals surface area contributed by atoms with Crippen molar-refractivity contribution in [2.45, 2.75) is 12.2 Å². The summed E-state index contributed by atoms with van der Waals surface area (Å²) in [6.45, 7) is 0. The van der Waals surface area contributed by atoms with Crippen LogP contribution in [0.5, 0.6) is 0 Å². The van der Waals surface area contributed by atoms with Crippen LogP contribution >= 0.6 is 0 Å². The number of rotatable bonds is 3. The van der Waals surface area contributed by atoms with Gasteiger partial charge in [-0.3, -0.25) is 0 Å². The summed E-state index contributed by atoms with van der Waals surface area (Å²) in [5.41, 5.74) is 1.34. The van der Waals surface area contributed by atoms with Gasteiger partial charge >= 0.3 is 0 Å². The van der Waals surface area contributed by atoms with E-state index in [1.165, 1.54) is 0 Å².